The highest BCUT2D eigenvalue weighted by Gasteiger charge is 2.09. The molecular weight excluding hydrogens is 192 g/mol. The van der Waals surface area contributed by atoms with E-state index in [0.29, 0.717) is 6.04 Å². The van der Waals surface area contributed by atoms with E-state index in [1.165, 1.54) is 4.88 Å². The first kappa shape index (κ1) is 11.2. The lowest BCUT2D eigenvalue weighted by Crippen LogP contribution is -2.36. The van der Waals surface area contributed by atoms with Crippen molar-refractivity contribution in [1.82, 2.24) is 5.32 Å². The Morgan fingerprint density at radius 2 is 2.43 bits per heavy atom. The van der Waals surface area contributed by atoms with Crippen LogP contribution in [-0.4, -0.2) is 12.1 Å². The van der Waals surface area contributed by atoms with Crippen LogP contribution in [0.15, 0.2) is 17.5 Å². The molecule has 0 amide bonds. The zero-order valence-electron chi connectivity index (χ0n) is 8.66. The number of hydrogen-bond donors (Lipinski definition) is 1. The first-order chi connectivity index (χ1) is 6.76. The molecule has 2 atom stereocenters. The van der Waals surface area contributed by atoms with Crippen molar-refractivity contribution in [2.45, 2.75) is 38.8 Å². The number of rotatable bonds is 5. The van der Waals surface area contributed by atoms with Gasteiger partial charge in [-0.2, -0.15) is 5.26 Å². The van der Waals surface area contributed by atoms with Crippen LogP contribution in [0, 0.1) is 11.3 Å². The lowest BCUT2D eigenvalue weighted by atomic mass is 10.1. The summed E-state index contributed by atoms with van der Waals surface area (Å²) in [4.78, 5) is 1.37. The van der Waals surface area contributed by atoms with Crippen LogP contribution >= 0.6 is 11.3 Å². The van der Waals surface area contributed by atoms with E-state index in [1.807, 2.05) is 6.92 Å². The van der Waals surface area contributed by atoms with Crippen LogP contribution in [-0.2, 0) is 6.42 Å². The lowest BCUT2D eigenvalue weighted by Gasteiger charge is -2.15. The summed E-state index contributed by atoms with van der Waals surface area (Å²) in [7, 11) is 0. The quantitative estimate of drug-likeness (QED) is 0.807. The Hall–Kier alpha value is -0.850. The third-order valence-electron chi connectivity index (χ3n) is 2.14. The van der Waals surface area contributed by atoms with Crippen molar-refractivity contribution >= 4 is 11.3 Å². The number of hydrogen-bond acceptors (Lipinski definition) is 3. The first-order valence-electron chi connectivity index (χ1n) is 4.94. The van der Waals surface area contributed by atoms with Gasteiger partial charge < -0.3 is 0 Å². The van der Waals surface area contributed by atoms with Gasteiger partial charge in [0.25, 0.3) is 0 Å². The van der Waals surface area contributed by atoms with Crippen molar-refractivity contribution in [3.05, 3.63) is 22.4 Å². The van der Waals surface area contributed by atoms with Crippen LogP contribution in [0.1, 0.15) is 25.1 Å². The highest BCUT2D eigenvalue weighted by atomic mass is 32.1. The molecule has 14 heavy (non-hydrogen) atoms. The van der Waals surface area contributed by atoms with Crippen LogP contribution in [0.2, 0.25) is 0 Å². The fourth-order valence-corrected chi connectivity index (χ4v) is 2.21. The van der Waals surface area contributed by atoms with Gasteiger partial charge in [0.1, 0.15) is 0 Å². The van der Waals surface area contributed by atoms with Crippen LogP contribution < -0.4 is 5.32 Å². The lowest BCUT2D eigenvalue weighted by molar-refractivity contribution is 0.492. The van der Waals surface area contributed by atoms with Gasteiger partial charge in [-0.15, -0.1) is 11.3 Å². The van der Waals surface area contributed by atoms with E-state index in [4.69, 9.17) is 5.26 Å². The molecule has 1 aromatic rings. The summed E-state index contributed by atoms with van der Waals surface area (Å²) in [6.07, 6.45) is 1.88. The van der Waals surface area contributed by atoms with Crippen molar-refractivity contribution in [3.63, 3.8) is 0 Å². The summed E-state index contributed by atoms with van der Waals surface area (Å²) in [5, 5.41) is 14.2. The van der Waals surface area contributed by atoms with Gasteiger partial charge in [0.05, 0.1) is 12.1 Å². The molecule has 1 rings (SSSR count). The Bertz CT molecular complexity index is 287. The van der Waals surface area contributed by atoms with E-state index in [-0.39, 0.29) is 6.04 Å². The smallest absolute Gasteiger partial charge is 0.0952 e. The number of nitriles is 1. The minimum Gasteiger partial charge on any atom is -0.299 e. The van der Waals surface area contributed by atoms with Crippen LogP contribution in [0.25, 0.3) is 0 Å². The van der Waals surface area contributed by atoms with E-state index < -0.39 is 0 Å². The average molecular weight is 208 g/mol. The summed E-state index contributed by atoms with van der Waals surface area (Å²) in [5.74, 6) is 0. The van der Waals surface area contributed by atoms with Gasteiger partial charge in [0.2, 0.25) is 0 Å². The van der Waals surface area contributed by atoms with Gasteiger partial charge in [-0.05, 0) is 31.2 Å². The Kier molecular flexibility index (Phi) is 4.64. The molecule has 0 aromatic carbocycles. The predicted octanol–water partition coefficient (Wildman–Crippen LogP) is 2.57. The second-order valence-electron chi connectivity index (χ2n) is 3.44. The average Bonchev–Trinajstić information content (AvgIpc) is 2.66. The van der Waals surface area contributed by atoms with Crippen molar-refractivity contribution in [1.29, 1.82) is 5.26 Å². The van der Waals surface area contributed by atoms with Crippen molar-refractivity contribution in [3.8, 4) is 6.07 Å². The Morgan fingerprint density at radius 3 is 2.93 bits per heavy atom. The summed E-state index contributed by atoms with van der Waals surface area (Å²) in [6.45, 7) is 4.15. The molecule has 76 valence electrons. The molecule has 0 aliphatic rings. The molecule has 0 saturated carbocycles. The van der Waals surface area contributed by atoms with Crippen molar-refractivity contribution < 1.29 is 0 Å². The molecule has 0 aliphatic heterocycles. The minimum absolute atomic E-state index is 0.00929. The van der Waals surface area contributed by atoms with Crippen LogP contribution in [0.5, 0.6) is 0 Å². The molecule has 0 fully saturated rings. The van der Waals surface area contributed by atoms with Gasteiger partial charge in [-0.25, -0.2) is 0 Å². The van der Waals surface area contributed by atoms with Gasteiger partial charge >= 0.3 is 0 Å². The van der Waals surface area contributed by atoms with Crippen LogP contribution in [0.4, 0.5) is 0 Å². The minimum atomic E-state index is -0.00929. The monoisotopic (exact) mass is 208 g/mol. The van der Waals surface area contributed by atoms with E-state index in [1.54, 1.807) is 11.3 Å². The Balaban J connectivity index is 2.36. The maximum absolute atomic E-state index is 8.79. The molecule has 0 radical (unpaired) electrons. The zero-order chi connectivity index (χ0) is 10.4. The maximum atomic E-state index is 8.79. The van der Waals surface area contributed by atoms with Crippen molar-refractivity contribution in [2.75, 3.05) is 0 Å². The third-order valence-corrected chi connectivity index (χ3v) is 3.04. The zero-order valence-corrected chi connectivity index (χ0v) is 9.47. The summed E-state index contributed by atoms with van der Waals surface area (Å²) in [5.41, 5.74) is 0. The fourth-order valence-electron chi connectivity index (χ4n) is 1.38. The summed E-state index contributed by atoms with van der Waals surface area (Å²) >= 11 is 1.77. The molecule has 1 aromatic heterocycles. The van der Waals surface area contributed by atoms with E-state index in [2.05, 4.69) is 35.8 Å². The molecule has 2 unspecified atom stereocenters. The molecule has 0 aliphatic carbocycles. The van der Waals surface area contributed by atoms with Crippen LogP contribution in [0.3, 0.4) is 0 Å². The highest BCUT2D eigenvalue weighted by Crippen LogP contribution is 2.11. The molecule has 1 heterocycles. The second kappa shape index (κ2) is 5.79. The summed E-state index contributed by atoms with van der Waals surface area (Å²) in [6, 6.07) is 6.82. The largest absolute Gasteiger partial charge is 0.299 e. The van der Waals surface area contributed by atoms with Gasteiger partial charge in [-0.1, -0.05) is 13.0 Å². The van der Waals surface area contributed by atoms with Crippen molar-refractivity contribution in [2.24, 2.45) is 0 Å². The molecule has 0 bridgehead atoms. The van der Waals surface area contributed by atoms with Gasteiger partial charge in [0.15, 0.2) is 0 Å². The molecule has 0 saturated heterocycles. The molecule has 1 N–H and O–H groups in total. The SMILES string of the molecule is CCC(C#N)NC(C)Cc1cccs1. The number of thiophene rings is 1. The summed E-state index contributed by atoms with van der Waals surface area (Å²) < 4.78 is 0. The molecule has 0 spiro atoms. The molecular formula is C11H16N2S. The standard InChI is InChI=1S/C11H16N2S/c1-3-10(8-12)13-9(2)7-11-5-4-6-14-11/h4-6,9-10,13H,3,7H2,1-2H3. The third kappa shape index (κ3) is 3.49. The Labute approximate surface area is 89.6 Å². The van der Waals surface area contributed by atoms with Gasteiger partial charge in [0, 0.05) is 10.9 Å². The topological polar surface area (TPSA) is 35.8 Å². The van der Waals surface area contributed by atoms with Gasteiger partial charge in [-0.3, -0.25) is 5.32 Å². The number of nitrogens with one attached hydrogen (secondary N) is 1. The fraction of sp³-hybridized carbons (Fsp3) is 0.545. The maximum Gasteiger partial charge on any atom is 0.0952 e. The second-order valence-corrected chi connectivity index (χ2v) is 4.47. The first-order valence-corrected chi connectivity index (χ1v) is 5.82. The Morgan fingerprint density at radius 1 is 1.64 bits per heavy atom. The highest BCUT2D eigenvalue weighted by molar-refractivity contribution is 7.09. The van der Waals surface area contributed by atoms with E-state index in [9.17, 15) is 0 Å². The normalized spacial score (nSPS) is 14.6. The van der Waals surface area contributed by atoms with E-state index >= 15 is 0 Å². The number of nitrogens with zero attached hydrogens (tertiary/aromatic N) is 1. The molecule has 2 nitrogen and oxygen atoms in total. The van der Waals surface area contributed by atoms with E-state index in [0.717, 1.165) is 12.8 Å². The predicted molar refractivity (Wildman–Crippen MR) is 60.3 cm³/mol. The molecule has 3 heteroatoms.